The van der Waals surface area contributed by atoms with Crippen molar-refractivity contribution in [2.24, 2.45) is 0 Å². The van der Waals surface area contributed by atoms with Gasteiger partial charge in [0.05, 0.1) is 6.61 Å². The molecule has 0 fully saturated rings. The van der Waals surface area contributed by atoms with E-state index in [1.54, 1.807) is 20.8 Å². The molecule has 0 atom stereocenters. The van der Waals surface area contributed by atoms with Gasteiger partial charge in [-0.3, -0.25) is 0 Å². The summed E-state index contributed by atoms with van der Waals surface area (Å²) in [4.78, 5) is 11.7. The van der Waals surface area contributed by atoms with Crippen molar-refractivity contribution in [1.82, 2.24) is 5.32 Å². The van der Waals surface area contributed by atoms with E-state index >= 15 is 0 Å². The number of carbonyl (C=O) groups is 1. The molecule has 0 unspecified atom stereocenters. The van der Waals surface area contributed by atoms with Gasteiger partial charge in [-0.2, -0.15) is 0 Å². The first-order valence-electron chi connectivity index (χ1n) is 6.65. The van der Waals surface area contributed by atoms with Gasteiger partial charge >= 0.3 is 5.97 Å². The Hall–Kier alpha value is -1.55. The molecule has 0 spiro atoms. The maximum Gasteiger partial charge on any atom is 0.349 e. The first-order chi connectivity index (χ1) is 8.99. The molecule has 0 saturated carbocycles. The zero-order chi connectivity index (χ0) is 14.3. The van der Waals surface area contributed by atoms with Crippen molar-refractivity contribution in [3.8, 4) is 5.75 Å². The van der Waals surface area contributed by atoms with Crippen molar-refractivity contribution in [3.63, 3.8) is 0 Å². The monoisotopic (exact) mass is 265 g/mol. The second kappa shape index (κ2) is 7.14. The molecule has 0 radical (unpaired) electrons. The molecule has 0 aliphatic heterocycles. The highest BCUT2D eigenvalue weighted by Gasteiger charge is 2.31. The molecule has 0 saturated heterocycles. The van der Waals surface area contributed by atoms with Crippen molar-refractivity contribution in [2.75, 3.05) is 13.2 Å². The highest BCUT2D eigenvalue weighted by atomic mass is 16.6. The molecule has 1 rings (SSSR count). The summed E-state index contributed by atoms with van der Waals surface area (Å²) in [5.74, 6) is 0.310. The molecule has 0 heterocycles. The van der Waals surface area contributed by atoms with Gasteiger partial charge in [-0.05, 0) is 45.0 Å². The second-order valence-electron chi connectivity index (χ2n) is 4.76. The van der Waals surface area contributed by atoms with Crippen LogP contribution < -0.4 is 10.1 Å². The molecule has 4 nitrogen and oxygen atoms in total. The van der Waals surface area contributed by atoms with Crippen LogP contribution in [0.25, 0.3) is 0 Å². The lowest BCUT2D eigenvalue weighted by Gasteiger charge is -2.24. The number of carbonyl (C=O) groups excluding carboxylic acids is 1. The van der Waals surface area contributed by atoms with Crippen LogP contribution in [0.5, 0.6) is 5.75 Å². The Morgan fingerprint density at radius 2 is 1.84 bits per heavy atom. The standard InChI is InChI=1S/C15H23NO3/c1-5-16-11-12-7-9-13(10-8-12)19-15(3,4)14(17)18-6-2/h7-10,16H,5-6,11H2,1-4H3. The molecule has 0 aliphatic carbocycles. The van der Waals surface area contributed by atoms with Crippen LogP contribution in [0.3, 0.4) is 0 Å². The van der Waals surface area contributed by atoms with E-state index in [-0.39, 0.29) is 5.97 Å². The van der Waals surface area contributed by atoms with E-state index in [0.717, 1.165) is 13.1 Å². The fraction of sp³-hybridized carbons (Fsp3) is 0.533. The molecule has 0 aromatic heterocycles. The summed E-state index contributed by atoms with van der Waals surface area (Å²) < 4.78 is 10.7. The average Bonchev–Trinajstić information content (AvgIpc) is 2.38. The van der Waals surface area contributed by atoms with Crippen molar-refractivity contribution >= 4 is 5.97 Å². The van der Waals surface area contributed by atoms with Gasteiger partial charge in [-0.15, -0.1) is 0 Å². The molecule has 0 aliphatic rings. The predicted octanol–water partition coefficient (Wildman–Crippen LogP) is 2.52. The normalized spacial score (nSPS) is 11.2. The fourth-order valence-corrected chi connectivity index (χ4v) is 1.59. The third kappa shape index (κ3) is 4.91. The van der Waals surface area contributed by atoms with Crippen molar-refractivity contribution < 1.29 is 14.3 Å². The van der Waals surface area contributed by atoms with E-state index in [4.69, 9.17) is 9.47 Å². The number of hydrogen-bond acceptors (Lipinski definition) is 4. The Balaban J connectivity index is 2.64. The van der Waals surface area contributed by atoms with Gasteiger partial charge in [-0.1, -0.05) is 19.1 Å². The maximum absolute atomic E-state index is 11.7. The highest BCUT2D eigenvalue weighted by Crippen LogP contribution is 2.20. The van der Waals surface area contributed by atoms with Crippen LogP contribution in [0.4, 0.5) is 0 Å². The summed E-state index contributed by atoms with van der Waals surface area (Å²) in [5, 5.41) is 3.25. The van der Waals surface area contributed by atoms with E-state index in [2.05, 4.69) is 12.2 Å². The number of esters is 1. The van der Waals surface area contributed by atoms with E-state index < -0.39 is 5.60 Å². The van der Waals surface area contributed by atoms with Gasteiger partial charge in [-0.25, -0.2) is 4.79 Å². The molecule has 19 heavy (non-hydrogen) atoms. The number of nitrogens with one attached hydrogen (secondary N) is 1. The van der Waals surface area contributed by atoms with Crippen LogP contribution in [-0.4, -0.2) is 24.7 Å². The molecule has 0 bridgehead atoms. The van der Waals surface area contributed by atoms with Crippen molar-refractivity contribution in [3.05, 3.63) is 29.8 Å². The summed E-state index contributed by atoms with van der Waals surface area (Å²) in [5.41, 5.74) is 0.210. The minimum atomic E-state index is -0.973. The smallest absolute Gasteiger partial charge is 0.349 e. The first kappa shape index (κ1) is 15.5. The van der Waals surface area contributed by atoms with E-state index in [1.165, 1.54) is 5.56 Å². The van der Waals surface area contributed by atoms with Crippen LogP contribution >= 0.6 is 0 Å². The lowest BCUT2D eigenvalue weighted by Crippen LogP contribution is -2.39. The Bertz CT molecular complexity index is 398. The highest BCUT2D eigenvalue weighted by molar-refractivity contribution is 5.79. The van der Waals surface area contributed by atoms with Crippen molar-refractivity contribution in [2.45, 2.75) is 39.8 Å². The molecule has 1 aromatic rings. The van der Waals surface area contributed by atoms with Gasteiger partial charge < -0.3 is 14.8 Å². The number of ether oxygens (including phenoxy) is 2. The Labute approximate surface area is 115 Å². The molecule has 0 amide bonds. The average molecular weight is 265 g/mol. The molecule has 106 valence electrons. The Kier molecular flexibility index (Phi) is 5.83. The van der Waals surface area contributed by atoms with Crippen LogP contribution in [0.2, 0.25) is 0 Å². The summed E-state index contributed by atoms with van der Waals surface area (Å²) in [7, 11) is 0. The van der Waals surface area contributed by atoms with Gasteiger partial charge in [0, 0.05) is 6.54 Å². The van der Waals surface area contributed by atoms with Crippen LogP contribution in [-0.2, 0) is 16.1 Å². The zero-order valence-corrected chi connectivity index (χ0v) is 12.2. The van der Waals surface area contributed by atoms with Gasteiger partial charge in [0.25, 0.3) is 0 Å². The van der Waals surface area contributed by atoms with E-state index in [9.17, 15) is 4.79 Å². The van der Waals surface area contributed by atoms with Gasteiger partial charge in [0.2, 0.25) is 0 Å². The van der Waals surface area contributed by atoms with Crippen LogP contribution in [0, 0.1) is 0 Å². The summed E-state index contributed by atoms with van der Waals surface area (Å²) in [6, 6.07) is 7.71. The lowest BCUT2D eigenvalue weighted by molar-refractivity contribution is -0.158. The summed E-state index contributed by atoms with van der Waals surface area (Å²) >= 11 is 0. The fourth-order valence-electron chi connectivity index (χ4n) is 1.59. The largest absolute Gasteiger partial charge is 0.476 e. The molecule has 4 heteroatoms. The maximum atomic E-state index is 11.7. The van der Waals surface area contributed by atoms with Crippen LogP contribution in [0.1, 0.15) is 33.3 Å². The van der Waals surface area contributed by atoms with Gasteiger partial charge in [0.1, 0.15) is 5.75 Å². The van der Waals surface area contributed by atoms with Crippen molar-refractivity contribution in [1.29, 1.82) is 0 Å². The molecular formula is C15H23NO3. The minimum Gasteiger partial charge on any atom is -0.476 e. The van der Waals surface area contributed by atoms with E-state index in [0.29, 0.717) is 12.4 Å². The predicted molar refractivity (Wildman–Crippen MR) is 75.2 cm³/mol. The number of hydrogen-bond donors (Lipinski definition) is 1. The minimum absolute atomic E-state index is 0.354. The third-order valence-electron chi connectivity index (χ3n) is 2.64. The summed E-state index contributed by atoms with van der Waals surface area (Å²) in [6.45, 7) is 9.39. The number of rotatable bonds is 7. The lowest BCUT2D eigenvalue weighted by atomic mass is 10.1. The molecular weight excluding hydrogens is 242 g/mol. The van der Waals surface area contributed by atoms with E-state index in [1.807, 2.05) is 24.3 Å². The quantitative estimate of drug-likeness (QED) is 0.770. The molecule has 1 N–H and O–H groups in total. The Morgan fingerprint density at radius 3 is 2.37 bits per heavy atom. The zero-order valence-electron chi connectivity index (χ0n) is 12.2. The molecule has 1 aromatic carbocycles. The SMILES string of the molecule is CCNCc1ccc(OC(C)(C)C(=O)OCC)cc1. The topological polar surface area (TPSA) is 47.6 Å². The number of benzene rings is 1. The Morgan fingerprint density at radius 1 is 1.21 bits per heavy atom. The van der Waals surface area contributed by atoms with Crippen LogP contribution in [0.15, 0.2) is 24.3 Å². The third-order valence-corrected chi connectivity index (χ3v) is 2.64. The first-order valence-corrected chi connectivity index (χ1v) is 6.65. The summed E-state index contributed by atoms with van der Waals surface area (Å²) in [6.07, 6.45) is 0. The van der Waals surface area contributed by atoms with Gasteiger partial charge in [0.15, 0.2) is 5.60 Å². The second-order valence-corrected chi connectivity index (χ2v) is 4.76.